The Morgan fingerprint density at radius 2 is 1.91 bits per heavy atom. The fourth-order valence-corrected chi connectivity index (χ4v) is 4.18. The summed E-state index contributed by atoms with van der Waals surface area (Å²) in [4.78, 5) is 16.8. The minimum absolute atomic E-state index is 0.0166. The highest BCUT2D eigenvalue weighted by molar-refractivity contribution is 7.89. The van der Waals surface area contributed by atoms with Gasteiger partial charge < -0.3 is 10.1 Å². The van der Waals surface area contributed by atoms with Gasteiger partial charge >= 0.3 is 0 Å². The maximum atomic E-state index is 12.7. The average molecular weight is 451 g/mol. The van der Waals surface area contributed by atoms with Crippen molar-refractivity contribution in [1.29, 1.82) is 5.26 Å². The maximum absolute atomic E-state index is 12.7. The van der Waals surface area contributed by atoms with Crippen molar-refractivity contribution < 1.29 is 17.9 Å². The fraction of sp³-hybridized carbons (Fsp3) is 0.174. The number of anilines is 1. The topological polar surface area (TPSA) is 121 Å². The van der Waals surface area contributed by atoms with Gasteiger partial charge in [0.2, 0.25) is 15.9 Å². The molecule has 0 unspecified atom stereocenters. The number of benzene rings is 2. The van der Waals surface area contributed by atoms with E-state index in [9.17, 15) is 13.2 Å². The third kappa shape index (κ3) is 5.49. The minimum Gasteiger partial charge on any atom is -0.438 e. The largest absolute Gasteiger partial charge is 0.438 e. The van der Waals surface area contributed by atoms with Crippen molar-refractivity contribution in [3.8, 4) is 17.7 Å². The van der Waals surface area contributed by atoms with Gasteiger partial charge in [0.05, 0.1) is 4.90 Å². The second-order valence-electron chi connectivity index (χ2n) is 7.30. The predicted octanol–water partition coefficient (Wildman–Crippen LogP) is 3.99. The minimum atomic E-state index is -3.71. The number of sulfonamides is 1. The molecule has 164 valence electrons. The summed E-state index contributed by atoms with van der Waals surface area (Å²) in [6, 6.07) is 15.9. The summed E-state index contributed by atoms with van der Waals surface area (Å²) in [6.45, 7) is 5.23. The van der Waals surface area contributed by atoms with Gasteiger partial charge in [-0.2, -0.15) is 5.26 Å². The summed E-state index contributed by atoms with van der Waals surface area (Å²) in [7, 11) is -3.71. The Morgan fingerprint density at radius 1 is 1.12 bits per heavy atom. The number of ether oxygens (including phenoxy) is 1. The Labute approximate surface area is 186 Å². The van der Waals surface area contributed by atoms with Gasteiger partial charge in [-0.05, 0) is 74.9 Å². The number of carbonyl (C=O) groups excluding carboxylic acids is 1. The summed E-state index contributed by atoms with van der Waals surface area (Å²) in [5.74, 6) is 0.211. The molecule has 0 aliphatic heterocycles. The lowest BCUT2D eigenvalue weighted by atomic mass is 10.1. The van der Waals surface area contributed by atoms with Gasteiger partial charge in [0.1, 0.15) is 17.4 Å². The Morgan fingerprint density at radius 3 is 2.59 bits per heavy atom. The summed E-state index contributed by atoms with van der Waals surface area (Å²) < 4.78 is 32.9. The molecule has 0 aliphatic carbocycles. The molecule has 8 nitrogen and oxygen atoms in total. The van der Waals surface area contributed by atoms with E-state index in [1.165, 1.54) is 24.4 Å². The second kappa shape index (κ2) is 9.60. The van der Waals surface area contributed by atoms with Crippen LogP contribution in [0.5, 0.6) is 11.6 Å². The van der Waals surface area contributed by atoms with Gasteiger partial charge in [0, 0.05) is 23.5 Å². The van der Waals surface area contributed by atoms with Crippen LogP contribution in [0.15, 0.2) is 65.7 Å². The molecule has 0 aliphatic rings. The first-order valence-electron chi connectivity index (χ1n) is 9.77. The molecule has 0 spiro atoms. The van der Waals surface area contributed by atoms with Crippen LogP contribution in [-0.2, 0) is 10.0 Å². The average Bonchev–Trinajstić information content (AvgIpc) is 2.75. The number of nitrogens with one attached hydrogen (secondary N) is 2. The Balaban J connectivity index is 1.77. The number of hydrogen-bond donors (Lipinski definition) is 2. The van der Waals surface area contributed by atoms with Crippen LogP contribution in [-0.4, -0.2) is 25.4 Å². The van der Waals surface area contributed by atoms with Crippen LogP contribution in [0, 0.1) is 18.3 Å². The SMILES string of the molecule is Cc1cc(Oc2ncccc2C#N)ccc1NC(=O)c1cccc(S(=O)(=O)NC(C)C)c1. The first-order valence-corrected chi connectivity index (χ1v) is 11.3. The van der Waals surface area contributed by atoms with Crippen molar-refractivity contribution in [3.63, 3.8) is 0 Å². The molecule has 1 aromatic heterocycles. The molecule has 0 saturated heterocycles. The molecule has 0 saturated carbocycles. The molecule has 1 heterocycles. The number of nitriles is 1. The quantitative estimate of drug-likeness (QED) is 0.561. The molecular weight excluding hydrogens is 428 g/mol. The molecule has 0 atom stereocenters. The zero-order chi connectivity index (χ0) is 23.3. The van der Waals surface area contributed by atoms with Crippen molar-refractivity contribution in [2.45, 2.75) is 31.7 Å². The first kappa shape index (κ1) is 22.9. The molecule has 0 fully saturated rings. The first-order chi connectivity index (χ1) is 15.2. The molecule has 3 rings (SSSR count). The van der Waals surface area contributed by atoms with E-state index < -0.39 is 15.9 Å². The third-order valence-electron chi connectivity index (χ3n) is 4.35. The van der Waals surface area contributed by atoms with Gasteiger partial charge in [-0.15, -0.1) is 0 Å². The monoisotopic (exact) mass is 450 g/mol. The lowest BCUT2D eigenvalue weighted by Crippen LogP contribution is -2.30. The third-order valence-corrected chi connectivity index (χ3v) is 6.01. The van der Waals surface area contributed by atoms with Gasteiger partial charge in [0.25, 0.3) is 5.91 Å². The number of nitrogens with zero attached hydrogens (tertiary/aromatic N) is 2. The highest BCUT2D eigenvalue weighted by atomic mass is 32.2. The summed E-state index contributed by atoms with van der Waals surface area (Å²) in [5.41, 5.74) is 1.78. The zero-order valence-corrected chi connectivity index (χ0v) is 18.6. The van der Waals surface area contributed by atoms with Gasteiger partial charge in [-0.3, -0.25) is 4.79 Å². The smallest absolute Gasteiger partial charge is 0.255 e. The number of carbonyl (C=O) groups is 1. The lowest BCUT2D eigenvalue weighted by molar-refractivity contribution is 0.102. The molecule has 0 radical (unpaired) electrons. The molecule has 2 aromatic carbocycles. The van der Waals surface area contributed by atoms with Crippen molar-refractivity contribution in [2.24, 2.45) is 0 Å². The lowest BCUT2D eigenvalue weighted by Gasteiger charge is -2.13. The second-order valence-corrected chi connectivity index (χ2v) is 9.02. The maximum Gasteiger partial charge on any atom is 0.255 e. The predicted molar refractivity (Wildman–Crippen MR) is 120 cm³/mol. The number of amides is 1. The van der Waals surface area contributed by atoms with E-state index in [0.717, 1.165) is 5.56 Å². The van der Waals surface area contributed by atoms with Crippen LogP contribution < -0.4 is 14.8 Å². The Bertz CT molecular complexity index is 1300. The highest BCUT2D eigenvalue weighted by Gasteiger charge is 2.18. The van der Waals surface area contributed by atoms with E-state index in [1.807, 2.05) is 6.07 Å². The van der Waals surface area contributed by atoms with E-state index in [1.54, 1.807) is 57.2 Å². The van der Waals surface area contributed by atoms with E-state index in [-0.39, 0.29) is 22.4 Å². The van der Waals surface area contributed by atoms with Crippen LogP contribution >= 0.6 is 0 Å². The molecule has 1 amide bonds. The molecule has 0 bridgehead atoms. The number of hydrogen-bond acceptors (Lipinski definition) is 6. The molecule has 3 aromatic rings. The van der Waals surface area contributed by atoms with Gasteiger partial charge in [-0.25, -0.2) is 18.1 Å². The van der Waals surface area contributed by atoms with Crippen LogP contribution in [0.4, 0.5) is 5.69 Å². The van der Waals surface area contributed by atoms with Crippen LogP contribution in [0.1, 0.15) is 35.3 Å². The Hall–Kier alpha value is -3.74. The molecule has 2 N–H and O–H groups in total. The summed E-state index contributed by atoms with van der Waals surface area (Å²) in [5, 5.41) is 11.9. The number of pyridine rings is 1. The van der Waals surface area contributed by atoms with Crippen molar-refractivity contribution in [2.75, 3.05) is 5.32 Å². The van der Waals surface area contributed by atoms with Crippen LogP contribution in [0.25, 0.3) is 0 Å². The molecule has 32 heavy (non-hydrogen) atoms. The number of aromatic nitrogens is 1. The fourth-order valence-electron chi connectivity index (χ4n) is 2.89. The van der Waals surface area contributed by atoms with E-state index in [4.69, 9.17) is 10.00 Å². The normalized spacial score (nSPS) is 11.1. The highest BCUT2D eigenvalue weighted by Crippen LogP contribution is 2.27. The van der Waals surface area contributed by atoms with Gasteiger partial charge in [-0.1, -0.05) is 6.07 Å². The summed E-state index contributed by atoms with van der Waals surface area (Å²) in [6.07, 6.45) is 1.53. The van der Waals surface area contributed by atoms with E-state index in [0.29, 0.717) is 17.0 Å². The van der Waals surface area contributed by atoms with Gasteiger partial charge in [0.15, 0.2) is 0 Å². The van der Waals surface area contributed by atoms with E-state index >= 15 is 0 Å². The standard InChI is InChI=1S/C23H22N4O4S/c1-15(2)27-32(29,30)20-8-4-6-17(13-20)22(28)26-21-10-9-19(12-16(21)3)31-23-18(14-24)7-5-11-25-23/h4-13,15,27H,1-3H3,(H,26,28). The van der Waals surface area contributed by atoms with Crippen LogP contribution in [0.2, 0.25) is 0 Å². The molecule has 9 heteroatoms. The zero-order valence-electron chi connectivity index (χ0n) is 17.8. The Kier molecular flexibility index (Phi) is 6.88. The van der Waals surface area contributed by atoms with Crippen molar-refractivity contribution in [3.05, 3.63) is 77.5 Å². The number of aryl methyl sites for hydroxylation is 1. The molecular formula is C23H22N4O4S. The van der Waals surface area contributed by atoms with Crippen molar-refractivity contribution >= 4 is 21.6 Å². The van der Waals surface area contributed by atoms with Crippen molar-refractivity contribution in [1.82, 2.24) is 9.71 Å². The number of rotatable bonds is 7. The van der Waals surface area contributed by atoms with Crippen LogP contribution in [0.3, 0.4) is 0 Å². The summed E-state index contributed by atoms with van der Waals surface area (Å²) >= 11 is 0. The van der Waals surface area contributed by atoms with E-state index in [2.05, 4.69) is 15.0 Å².